The summed E-state index contributed by atoms with van der Waals surface area (Å²) in [5.41, 5.74) is 3.16. The number of hydrogen-bond acceptors (Lipinski definition) is 2. The highest BCUT2D eigenvalue weighted by molar-refractivity contribution is 9.10. The molecule has 2 aromatic rings. The van der Waals surface area contributed by atoms with Crippen molar-refractivity contribution in [1.82, 2.24) is 5.32 Å². The maximum atomic E-state index is 11.9. The fraction of sp³-hybridized carbons (Fsp3) is 0.235. The number of benzene rings is 2. The van der Waals surface area contributed by atoms with Gasteiger partial charge in [0, 0.05) is 4.47 Å². The SMILES string of the molecule is Cc1c(Br)cccc1C(C)NC(=O)OCc1ccccc1. The molecule has 0 bridgehead atoms. The predicted octanol–water partition coefficient (Wildman–Crippen LogP) is 4.74. The van der Waals surface area contributed by atoms with Gasteiger partial charge >= 0.3 is 6.09 Å². The van der Waals surface area contributed by atoms with E-state index in [4.69, 9.17) is 4.74 Å². The van der Waals surface area contributed by atoms with Gasteiger partial charge in [0.05, 0.1) is 6.04 Å². The summed E-state index contributed by atoms with van der Waals surface area (Å²) in [6, 6.07) is 15.5. The minimum Gasteiger partial charge on any atom is -0.445 e. The number of nitrogens with one attached hydrogen (secondary N) is 1. The van der Waals surface area contributed by atoms with E-state index in [-0.39, 0.29) is 12.6 Å². The Morgan fingerprint density at radius 1 is 1.19 bits per heavy atom. The van der Waals surface area contributed by atoms with Crippen molar-refractivity contribution in [2.24, 2.45) is 0 Å². The number of amides is 1. The molecule has 0 aliphatic heterocycles. The van der Waals surface area contributed by atoms with Gasteiger partial charge in [-0.3, -0.25) is 0 Å². The van der Waals surface area contributed by atoms with E-state index in [0.29, 0.717) is 0 Å². The first-order valence-corrected chi connectivity index (χ1v) is 7.59. The maximum absolute atomic E-state index is 11.9. The lowest BCUT2D eigenvalue weighted by Gasteiger charge is -2.17. The highest BCUT2D eigenvalue weighted by Gasteiger charge is 2.13. The highest BCUT2D eigenvalue weighted by Crippen LogP contribution is 2.24. The van der Waals surface area contributed by atoms with Gasteiger partial charge in [-0.25, -0.2) is 4.79 Å². The summed E-state index contributed by atoms with van der Waals surface area (Å²) >= 11 is 3.50. The minimum atomic E-state index is -0.411. The van der Waals surface area contributed by atoms with E-state index in [1.54, 1.807) is 0 Å². The van der Waals surface area contributed by atoms with Gasteiger partial charge in [-0.15, -0.1) is 0 Å². The van der Waals surface area contributed by atoms with Crippen molar-refractivity contribution in [3.05, 3.63) is 69.7 Å². The van der Waals surface area contributed by atoms with Gasteiger partial charge in [0.25, 0.3) is 0 Å². The molecule has 0 heterocycles. The average Bonchev–Trinajstić information content (AvgIpc) is 2.49. The highest BCUT2D eigenvalue weighted by atomic mass is 79.9. The molecule has 0 aromatic heterocycles. The quantitative estimate of drug-likeness (QED) is 0.866. The van der Waals surface area contributed by atoms with E-state index in [1.807, 2.05) is 62.4 Å². The van der Waals surface area contributed by atoms with Crippen molar-refractivity contribution in [1.29, 1.82) is 0 Å². The second kappa shape index (κ2) is 7.27. The summed E-state index contributed by atoms with van der Waals surface area (Å²) in [6.07, 6.45) is -0.411. The van der Waals surface area contributed by atoms with Crippen molar-refractivity contribution in [3.8, 4) is 0 Å². The van der Waals surface area contributed by atoms with Gasteiger partial charge in [-0.2, -0.15) is 0 Å². The van der Waals surface area contributed by atoms with Crippen LogP contribution >= 0.6 is 15.9 Å². The molecule has 0 spiro atoms. The average molecular weight is 348 g/mol. The summed E-state index contributed by atoms with van der Waals surface area (Å²) < 4.78 is 6.26. The Kier molecular flexibility index (Phi) is 5.39. The third-order valence-electron chi connectivity index (χ3n) is 3.32. The molecule has 0 fully saturated rings. The Bertz CT molecular complexity index is 613. The summed E-state index contributed by atoms with van der Waals surface area (Å²) in [4.78, 5) is 11.9. The third-order valence-corrected chi connectivity index (χ3v) is 4.18. The number of hydrogen-bond donors (Lipinski definition) is 1. The van der Waals surface area contributed by atoms with Crippen LogP contribution in [0.5, 0.6) is 0 Å². The molecule has 1 atom stereocenters. The first-order valence-electron chi connectivity index (χ1n) is 6.80. The minimum absolute atomic E-state index is 0.106. The smallest absolute Gasteiger partial charge is 0.407 e. The van der Waals surface area contributed by atoms with Crippen molar-refractivity contribution >= 4 is 22.0 Å². The van der Waals surface area contributed by atoms with E-state index >= 15 is 0 Å². The fourth-order valence-corrected chi connectivity index (χ4v) is 2.49. The Labute approximate surface area is 133 Å². The van der Waals surface area contributed by atoms with Gasteiger partial charge in [0.15, 0.2) is 0 Å². The molecule has 0 aliphatic rings. The second-order valence-corrected chi connectivity index (χ2v) is 5.74. The summed E-state index contributed by atoms with van der Waals surface area (Å²) in [5.74, 6) is 0. The van der Waals surface area contributed by atoms with Crippen LogP contribution in [0.1, 0.15) is 29.7 Å². The van der Waals surface area contributed by atoms with Crippen LogP contribution in [-0.2, 0) is 11.3 Å². The lowest BCUT2D eigenvalue weighted by Crippen LogP contribution is -2.27. The molecule has 0 aliphatic carbocycles. The molecule has 110 valence electrons. The van der Waals surface area contributed by atoms with Crippen molar-refractivity contribution in [2.75, 3.05) is 0 Å². The van der Waals surface area contributed by atoms with Crippen LogP contribution in [0, 0.1) is 6.92 Å². The van der Waals surface area contributed by atoms with Gasteiger partial charge < -0.3 is 10.1 Å². The molecule has 0 saturated heterocycles. The summed E-state index contributed by atoms with van der Waals surface area (Å²) in [6.45, 7) is 4.24. The Hall–Kier alpha value is -1.81. The Morgan fingerprint density at radius 2 is 1.90 bits per heavy atom. The molecule has 3 nitrogen and oxygen atoms in total. The zero-order valence-electron chi connectivity index (χ0n) is 12.1. The first-order chi connectivity index (χ1) is 10.1. The maximum Gasteiger partial charge on any atom is 0.407 e. The number of ether oxygens (including phenoxy) is 1. The van der Waals surface area contributed by atoms with E-state index in [2.05, 4.69) is 21.2 Å². The zero-order valence-corrected chi connectivity index (χ0v) is 13.7. The molecule has 2 aromatic carbocycles. The standard InChI is InChI=1S/C17H18BrNO2/c1-12-15(9-6-10-16(12)18)13(2)19-17(20)21-11-14-7-4-3-5-8-14/h3-10,13H,11H2,1-2H3,(H,19,20). The largest absolute Gasteiger partial charge is 0.445 e. The first kappa shape index (κ1) is 15.6. The molecular formula is C17H18BrNO2. The van der Waals surface area contributed by atoms with E-state index in [0.717, 1.165) is 21.2 Å². The number of carbonyl (C=O) groups is 1. The third kappa shape index (κ3) is 4.33. The molecule has 1 unspecified atom stereocenters. The lowest BCUT2D eigenvalue weighted by atomic mass is 10.0. The number of carbonyl (C=O) groups excluding carboxylic acids is 1. The molecule has 21 heavy (non-hydrogen) atoms. The van der Waals surface area contributed by atoms with Crippen molar-refractivity contribution < 1.29 is 9.53 Å². The monoisotopic (exact) mass is 347 g/mol. The van der Waals surface area contributed by atoms with Crippen LogP contribution in [0.4, 0.5) is 4.79 Å². The van der Waals surface area contributed by atoms with Crippen LogP contribution in [0.2, 0.25) is 0 Å². The molecular weight excluding hydrogens is 330 g/mol. The lowest BCUT2D eigenvalue weighted by molar-refractivity contribution is 0.136. The summed E-state index contributed by atoms with van der Waals surface area (Å²) in [7, 11) is 0. The molecule has 0 radical (unpaired) electrons. The van der Waals surface area contributed by atoms with E-state index in [9.17, 15) is 4.79 Å². The topological polar surface area (TPSA) is 38.3 Å². The van der Waals surface area contributed by atoms with Crippen LogP contribution in [0.15, 0.2) is 53.0 Å². The number of halogens is 1. The van der Waals surface area contributed by atoms with Crippen molar-refractivity contribution in [3.63, 3.8) is 0 Å². The number of alkyl carbamates (subject to hydrolysis) is 1. The van der Waals surface area contributed by atoms with Gasteiger partial charge in [-0.05, 0) is 36.6 Å². The predicted molar refractivity (Wildman–Crippen MR) is 87.1 cm³/mol. The molecule has 4 heteroatoms. The van der Waals surface area contributed by atoms with Crippen LogP contribution in [-0.4, -0.2) is 6.09 Å². The number of rotatable bonds is 4. The molecule has 0 saturated carbocycles. The summed E-state index contributed by atoms with van der Waals surface area (Å²) in [5, 5.41) is 2.85. The van der Waals surface area contributed by atoms with Crippen LogP contribution in [0.25, 0.3) is 0 Å². The van der Waals surface area contributed by atoms with E-state index < -0.39 is 6.09 Å². The molecule has 1 amide bonds. The second-order valence-electron chi connectivity index (χ2n) is 4.88. The van der Waals surface area contributed by atoms with Gasteiger partial charge in [0.1, 0.15) is 6.61 Å². The van der Waals surface area contributed by atoms with Crippen LogP contribution < -0.4 is 5.32 Å². The zero-order chi connectivity index (χ0) is 15.2. The van der Waals surface area contributed by atoms with Gasteiger partial charge in [-0.1, -0.05) is 58.4 Å². The normalized spacial score (nSPS) is 11.8. The van der Waals surface area contributed by atoms with Gasteiger partial charge in [0.2, 0.25) is 0 Å². The van der Waals surface area contributed by atoms with Crippen molar-refractivity contribution in [2.45, 2.75) is 26.5 Å². The van der Waals surface area contributed by atoms with Crippen LogP contribution in [0.3, 0.4) is 0 Å². The Balaban J connectivity index is 1.92. The molecule has 2 rings (SSSR count). The molecule has 1 N–H and O–H groups in total. The Morgan fingerprint density at radius 3 is 2.62 bits per heavy atom. The van der Waals surface area contributed by atoms with E-state index in [1.165, 1.54) is 0 Å². The fourth-order valence-electron chi connectivity index (χ4n) is 2.11.